The minimum absolute atomic E-state index is 0.0142. The maximum Gasteiger partial charge on any atom is 0.424 e. The van der Waals surface area contributed by atoms with Crippen LogP contribution in [-0.4, -0.2) is 52.8 Å². The Balaban J connectivity index is 1.58. The summed E-state index contributed by atoms with van der Waals surface area (Å²) >= 11 is 0. The number of benzene rings is 2. The van der Waals surface area contributed by atoms with Crippen LogP contribution in [-0.2, 0) is 15.8 Å². The highest BCUT2D eigenvalue weighted by atomic mass is 19.4. The van der Waals surface area contributed by atoms with Crippen LogP contribution in [0.3, 0.4) is 0 Å². The minimum Gasteiger partial charge on any atom is -0.489 e. The van der Waals surface area contributed by atoms with Crippen LogP contribution in [0.1, 0.15) is 34.1 Å². The van der Waals surface area contributed by atoms with Crippen molar-refractivity contribution in [3.63, 3.8) is 0 Å². The average Bonchev–Trinajstić information content (AvgIpc) is 3.32. The Morgan fingerprint density at radius 2 is 1.84 bits per heavy atom. The highest BCUT2D eigenvalue weighted by Gasteiger charge is 2.57. The van der Waals surface area contributed by atoms with Gasteiger partial charge in [0.15, 0.2) is 5.75 Å². The molecule has 45 heavy (non-hydrogen) atoms. The maximum atomic E-state index is 14.7. The molecule has 4 N–H and O–H groups in total. The first kappa shape index (κ1) is 31.5. The molecule has 5 rings (SSSR count). The summed E-state index contributed by atoms with van der Waals surface area (Å²) in [4.78, 5) is 33.6. The van der Waals surface area contributed by atoms with Gasteiger partial charge in [-0.25, -0.2) is 9.37 Å². The van der Waals surface area contributed by atoms with Crippen LogP contribution in [0.4, 0.5) is 26.3 Å². The van der Waals surface area contributed by atoms with E-state index in [0.29, 0.717) is 5.56 Å². The Hall–Kier alpha value is -4.92. The first-order chi connectivity index (χ1) is 21.0. The molecule has 0 radical (unpaired) electrons. The lowest BCUT2D eigenvalue weighted by molar-refractivity contribution is -0.265. The molecular weight excluding hydrogens is 610 g/mol. The number of rotatable bonds is 8. The lowest BCUT2D eigenvalue weighted by Gasteiger charge is -2.31. The van der Waals surface area contributed by atoms with Gasteiger partial charge in [0, 0.05) is 28.3 Å². The number of hydrogen-bond acceptors (Lipinski definition) is 7. The number of primary amides is 1. The second kappa shape index (κ2) is 11.2. The summed E-state index contributed by atoms with van der Waals surface area (Å²) in [7, 11) is 0. The van der Waals surface area contributed by atoms with E-state index in [9.17, 15) is 41.0 Å². The van der Waals surface area contributed by atoms with E-state index in [1.54, 1.807) is 6.92 Å². The Kier molecular flexibility index (Phi) is 7.85. The maximum absolute atomic E-state index is 14.7. The van der Waals surface area contributed by atoms with Crippen molar-refractivity contribution in [2.45, 2.75) is 37.7 Å². The second-order valence-corrected chi connectivity index (χ2v) is 10.7. The highest BCUT2D eigenvalue weighted by Crippen LogP contribution is 2.47. The number of pyridine rings is 2. The van der Waals surface area contributed by atoms with E-state index >= 15 is 0 Å². The molecule has 0 spiro atoms. The van der Waals surface area contributed by atoms with Gasteiger partial charge in [0.05, 0.1) is 12.2 Å². The first-order valence-corrected chi connectivity index (χ1v) is 13.2. The molecular formula is C30H24F6N4O5. The predicted molar refractivity (Wildman–Crippen MR) is 147 cm³/mol. The SMILES string of the molecule is Cc1cnc2c(OC(F)F)cc(C(=O)NCC(O)(c3cc4c(c(-c5ccc(F)cc5)n3)OC[C@]4(C)C(N)=O)C(F)(F)F)cc2c1. The minimum atomic E-state index is -5.46. The average molecular weight is 635 g/mol. The molecule has 1 unspecified atom stereocenters. The zero-order valence-corrected chi connectivity index (χ0v) is 23.5. The third kappa shape index (κ3) is 5.70. The molecule has 2 aromatic carbocycles. The zero-order valence-electron chi connectivity index (χ0n) is 23.5. The molecule has 0 saturated heterocycles. The number of ether oxygens (including phenoxy) is 2. The van der Waals surface area contributed by atoms with Crippen LogP contribution in [0.5, 0.6) is 11.5 Å². The van der Waals surface area contributed by atoms with Crippen molar-refractivity contribution in [1.29, 1.82) is 0 Å². The van der Waals surface area contributed by atoms with Gasteiger partial charge < -0.3 is 25.6 Å². The van der Waals surface area contributed by atoms with Gasteiger partial charge in [-0.3, -0.25) is 14.6 Å². The van der Waals surface area contributed by atoms with E-state index in [1.165, 1.54) is 37.4 Å². The molecule has 15 heteroatoms. The smallest absolute Gasteiger partial charge is 0.424 e. The Bertz CT molecular complexity index is 1820. The highest BCUT2D eigenvalue weighted by molar-refractivity contribution is 6.00. The molecule has 1 aliphatic rings. The number of aromatic nitrogens is 2. The fourth-order valence-corrected chi connectivity index (χ4v) is 4.89. The number of aryl methyl sites for hydroxylation is 1. The molecule has 2 amide bonds. The van der Waals surface area contributed by atoms with Crippen molar-refractivity contribution in [2.75, 3.05) is 13.2 Å². The van der Waals surface area contributed by atoms with E-state index in [-0.39, 0.29) is 45.6 Å². The summed E-state index contributed by atoms with van der Waals surface area (Å²) < 4.78 is 93.9. The van der Waals surface area contributed by atoms with Crippen molar-refractivity contribution in [3.8, 4) is 22.8 Å². The van der Waals surface area contributed by atoms with Gasteiger partial charge in [0.25, 0.3) is 5.91 Å². The van der Waals surface area contributed by atoms with Crippen LogP contribution in [0.25, 0.3) is 22.2 Å². The standard InChI is InChI=1S/C30H24F6N4O5/c1-14-7-16-8-17(9-20(45-27(32)33)22(16)38-11-14)25(41)39-12-29(43,30(34,35)36)21-10-19-24(44-13-28(19,2)26(37)42)23(40-21)15-3-5-18(31)6-4-15/h3-11,27,43H,12-13H2,1-2H3,(H2,37,42)(H,39,41)/t28-,29?/m0/s1. The zero-order chi connectivity index (χ0) is 32.9. The topological polar surface area (TPSA) is 137 Å². The van der Waals surface area contributed by atoms with Crippen LogP contribution in [0, 0.1) is 12.7 Å². The van der Waals surface area contributed by atoms with Gasteiger partial charge in [0.2, 0.25) is 11.5 Å². The number of fused-ring (bicyclic) bond motifs is 2. The molecule has 3 heterocycles. The van der Waals surface area contributed by atoms with Gasteiger partial charge in [-0.05, 0) is 67.9 Å². The molecule has 236 valence electrons. The number of carbonyl (C=O) groups excluding carboxylic acids is 2. The Labute approximate surface area is 251 Å². The number of carbonyl (C=O) groups is 2. The second-order valence-electron chi connectivity index (χ2n) is 10.7. The Morgan fingerprint density at radius 1 is 1.16 bits per heavy atom. The summed E-state index contributed by atoms with van der Waals surface area (Å²) in [5, 5.41) is 13.4. The van der Waals surface area contributed by atoms with Gasteiger partial charge in [-0.2, -0.15) is 22.0 Å². The third-order valence-electron chi connectivity index (χ3n) is 7.49. The number of halogens is 6. The normalized spacial score (nSPS) is 17.5. The molecule has 0 bridgehead atoms. The molecule has 9 nitrogen and oxygen atoms in total. The van der Waals surface area contributed by atoms with E-state index in [2.05, 4.69) is 14.7 Å². The fourth-order valence-electron chi connectivity index (χ4n) is 4.89. The van der Waals surface area contributed by atoms with Crippen molar-refractivity contribution in [3.05, 3.63) is 82.9 Å². The van der Waals surface area contributed by atoms with Crippen LogP contribution < -0.4 is 20.5 Å². The van der Waals surface area contributed by atoms with Gasteiger partial charge in [0.1, 0.15) is 34.8 Å². The lowest BCUT2D eigenvalue weighted by Crippen LogP contribution is -2.51. The Morgan fingerprint density at radius 3 is 2.47 bits per heavy atom. The number of amides is 2. The lowest BCUT2D eigenvalue weighted by atomic mass is 9.81. The summed E-state index contributed by atoms with van der Waals surface area (Å²) in [6.07, 6.45) is -4.08. The summed E-state index contributed by atoms with van der Waals surface area (Å²) in [6, 6.07) is 8.91. The third-order valence-corrected chi connectivity index (χ3v) is 7.49. The largest absolute Gasteiger partial charge is 0.489 e. The molecule has 0 fully saturated rings. The molecule has 4 aromatic rings. The number of aliphatic hydroxyl groups is 1. The number of alkyl halides is 5. The number of hydrogen-bond donors (Lipinski definition) is 3. The van der Waals surface area contributed by atoms with Crippen molar-refractivity contribution >= 4 is 22.7 Å². The van der Waals surface area contributed by atoms with Crippen LogP contribution in [0.2, 0.25) is 0 Å². The van der Waals surface area contributed by atoms with Crippen molar-refractivity contribution in [1.82, 2.24) is 15.3 Å². The fraction of sp³-hybridized carbons (Fsp3) is 0.267. The van der Waals surface area contributed by atoms with Gasteiger partial charge in [-0.1, -0.05) is 0 Å². The molecule has 2 aromatic heterocycles. The van der Waals surface area contributed by atoms with Crippen molar-refractivity contribution < 1.29 is 50.5 Å². The van der Waals surface area contributed by atoms with E-state index in [4.69, 9.17) is 10.5 Å². The van der Waals surface area contributed by atoms with Crippen molar-refractivity contribution in [2.24, 2.45) is 5.73 Å². The molecule has 2 atom stereocenters. The number of nitrogens with zero attached hydrogens (tertiary/aromatic N) is 2. The number of nitrogens with two attached hydrogens (primary N) is 1. The van der Waals surface area contributed by atoms with Crippen LogP contribution >= 0.6 is 0 Å². The van der Waals surface area contributed by atoms with Gasteiger partial charge in [-0.15, -0.1) is 0 Å². The molecule has 0 saturated carbocycles. The predicted octanol–water partition coefficient (Wildman–Crippen LogP) is 4.66. The van der Waals surface area contributed by atoms with E-state index in [0.717, 1.165) is 24.3 Å². The summed E-state index contributed by atoms with van der Waals surface area (Å²) in [5.41, 5.74) is -0.978. The van der Waals surface area contributed by atoms with Crippen LogP contribution in [0.15, 0.2) is 54.7 Å². The molecule has 1 aliphatic heterocycles. The van der Waals surface area contributed by atoms with E-state index < -0.39 is 59.4 Å². The first-order valence-electron chi connectivity index (χ1n) is 13.2. The number of nitrogens with one attached hydrogen (secondary N) is 1. The summed E-state index contributed by atoms with van der Waals surface area (Å²) in [5.74, 6) is -3.34. The quantitative estimate of drug-likeness (QED) is 0.240. The van der Waals surface area contributed by atoms with Gasteiger partial charge >= 0.3 is 12.8 Å². The van der Waals surface area contributed by atoms with E-state index in [1.807, 2.05) is 5.32 Å². The molecule has 0 aliphatic carbocycles. The monoisotopic (exact) mass is 634 g/mol. The summed E-state index contributed by atoms with van der Waals surface area (Å²) in [6.45, 7) is -2.15.